The van der Waals surface area contributed by atoms with Crippen molar-refractivity contribution in [3.05, 3.63) is 34.4 Å². The van der Waals surface area contributed by atoms with E-state index in [0.717, 1.165) is 11.1 Å². The maximum absolute atomic E-state index is 10.8. The van der Waals surface area contributed by atoms with E-state index in [1.807, 2.05) is 6.92 Å². The van der Waals surface area contributed by atoms with Gasteiger partial charge in [-0.3, -0.25) is 9.59 Å². The summed E-state index contributed by atoms with van der Waals surface area (Å²) in [7, 11) is 0. The van der Waals surface area contributed by atoms with Gasteiger partial charge < -0.3 is 14.6 Å². The maximum atomic E-state index is 10.8. The van der Waals surface area contributed by atoms with Gasteiger partial charge in [0, 0.05) is 13.8 Å². The summed E-state index contributed by atoms with van der Waals surface area (Å²) in [6, 6.07) is 3.59. The molecule has 0 saturated heterocycles. The predicted molar refractivity (Wildman–Crippen MR) is 68.0 cm³/mol. The lowest BCUT2D eigenvalue weighted by Crippen LogP contribution is -2.06. The molecule has 0 atom stereocenters. The van der Waals surface area contributed by atoms with E-state index >= 15 is 0 Å². The Labute approximate surface area is 112 Å². The summed E-state index contributed by atoms with van der Waals surface area (Å²) in [5.41, 5.74) is 3.15. The molecule has 0 spiro atoms. The Bertz CT molecular complexity index is 479. The van der Waals surface area contributed by atoms with Crippen molar-refractivity contribution in [1.82, 2.24) is 0 Å². The van der Waals surface area contributed by atoms with Gasteiger partial charge in [0.2, 0.25) is 0 Å². The largest absolute Gasteiger partial charge is 0.461 e. The average molecular weight is 266 g/mol. The van der Waals surface area contributed by atoms with Gasteiger partial charge in [0.25, 0.3) is 0 Å². The third kappa shape index (κ3) is 4.71. The maximum Gasteiger partial charge on any atom is 0.302 e. The number of benzene rings is 1. The van der Waals surface area contributed by atoms with Gasteiger partial charge in [0.15, 0.2) is 0 Å². The number of carbonyl (C=O) groups excluding carboxylic acids is 2. The van der Waals surface area contributed by atoms with Crippen LogP contribution in [0.4, 0.5) is 0 Å². The van der Waals surface area contributed by atoms with Gasteiger partial charge in [-0.15, -0.1) is 0 Å². The third-order valence-corrected chi connectivity index (χ3v) is 2.69. The fourth-order valence-electron chi connectivity index (χ4n) is 1.66. The first kappa shape index (κ1) is 15.2. The van der Waals surface area contributed by atoms with E-state index in [1.54, 1.807) is 12.1 Å². The van der Waals surface area contributed by atoms with Crippen LogP contribution in [0, 0.1) is 6.92 Å². The zero-order valence-corrected chi connectivity index (χ0v) is 11.4. The Kier molecular flexibility index (Phi) is 5.51. The van der Waals surface area contributed by atoms with E-state index in [0.29, 0.717) is 11.1 Å². The quantitative estimate of drug-likeness (QED) is 0.820. The molecule has 0 radical (unpaired) electrons. The van der Waals surface area contributed by atoms with Crippen molar-refractivity contribution in [3.63, 3.8) is 0 Å². The topological polar surface area (TPSA) is 72.8 Å². The summed E-state index contributed by atoms with van der Waals surface area (Å²) in [5, 5.41) is 9.29. The Morgan fingerprint density at radius 2 is 1.53 bits per heavy atom. The molecule has 0 amide bonds. The summed E-state index contributed by atoms with van der Waals surface area (Å²) in [6.45, 7) is 4.67. The van der Waals surface area contributed by atoms with Crippen molar-refractivity contribution in [3.8, 4) is 0 Å². The molecule has 0 unspecified atom stereocenters. The van der Waals surface area contributed by atoms with Gasteiger partial charge in [-0.1, -0.05) is 6.07 Å². The average Bonchev–Trinajstić information content (AvgIpc) is 2.34. The normalized spacial score (nSPS) is 10.1. The number of carbonyl (C=O) groups is 2. The smallest absolute Gasteiger partial charge is 0.302 e. The molecule has 0 aliphatic rings. The SMILES string of the molecule is CC(=O)OCc1cc(COC(C)=O)c(CO)cc1C. The molecule has 5 heteroatoms. The Hall–Kier alpha value is -1.88. The molecule has 0 heterocycles. The number of hydrogen-bond donors (Lipinski definition) is 1. The van der Waals surface area contributed by atoms with Crippen LogP contribution < -0.4 is 0 Å². The molecule has 104 valence electrons. The number of hydrogen-bond acceptors (Lipinski definition) is 5. The van der Waals surface area contributed by atoms with Crippen molar-refractivity contribution < 1.29 is 24.2 Å². The van der Waals surface area contributed by atoms with Crippen LogP contribution in [0.3, 0.4) is 0 Å². The van der Waals surface area contributed by atoms with Gasteiger partial charge in [0.1, 0.15) is 13.2 Å². The molecule has 0 aliphatic carbocycles. The van der Waals surface area contributed by atoms with Crippen LogP contribution in [0.1, 0.15) is 36.1 Å². The second-order valence-corrected chi connectivity index (χ2v) is 4.27. The Morgan fingerprint density at radius 3 is 2.00 bits per heavy atom. The minimum Gasteiger partial charge on any atom is -0.461 e. The number of aryl methyl sites for hydroxylation is 1. The van der Waals surface area contributed by atoms with Crippen LogP contribution >= 0.6 is 0 Å². The fraction of sp³-hybridized carbons (Fsp3) is 0.429. The lowest BCUT2D eigenvalue weighted by atomic mass is 10.00. The van der Waals surface area contributed by atoms with Crippen molar-refractivity contribution in [2.75, 3.05) is 0 Å². The highest BCUT2D eigenvalue weighted by Gasteiger charge is 2.09. The molecule has 0 saturated carbocycles. The lowest BCUT2D eigenvalue weighted by molar-refractivity contribution is -0.143. The Morgan fingerprint density at radius 1 is 1.00 bits per heavy atom. The second kappa shape index (κ2) is 6.89. The molecule has 19 heavy (non-hydrogen) atoms. The van der Waals surface area contributed by atoms with Crippen LogP contribution in [-0.2, 0) is 38.9 Å². The van der Waals surface area contributed by atoms with Crippen LogP contribution in [0.2, 0.25) is 0 Å². The summed E-state index contributed by atoms with van der Waals surface area (Å²) in [5.74, 6) is -0.738. The van der Waals surface area contributed by atoms with Gasteiger partial charge in [0.05, 0.1) is 6.61 Å². The number of rotatable bonds is 5. The molecule has 1 N–H and O–H groups in total. The number of esters is 2. The molecule has 1 rings (SSSR count). The van der Waals surface area contributed by atoms with Crippen molar-refractivity contribution in [2.24, 2.45) is 0 Å². The standard InChI is InChI=1S/C14H18O5/c1-9-4-12(6-15)14(8-19-11(3)17)5-13(9)7-18-10(2)16/h4-5,15H,6-8H2,1-3H3. The minimum absolute atomic E-state index is 0.0958. The molecule has 1 aromatic rings. The zero-order chi connectivity index (χ0) is 14.4. The monoisotopic (exact) mass is 266 g/mol. The number of aliphatic hydroxyl groups excluding tert-OH is 1. The van der Waals surface area contributed by atoms with Crippen LogP contribution in [0.15, 0.2) is 12.1 Å². The second-order valence-electron chi connectivity index (χ2n) is 4.27. The summed E-state index contributed by atoms with van der Waals surface area (Å²) in [6.07, 6.45) is 0. The van der Waals surface area contributed by atoms with E-state index in [1.165, 1.54) is 13.8 Å². The molecule has 1 aromatic carbocycles. The number of ether oxygens (including phenoxy) is 2. The highest BCUT2D eigenvalue weighted by molar-refractivity contribution is 5.66. The first-order chi connectivity index (χ1) is 8.93. The van der Waals surface area contributed by atoms with E-state index in [2.05, 4.69) is 0 Å². The van der Waals surface area contributed by atoms with Crippen molar-refractivity contribution in [2.45, 2.75) is 40.6 Å². The third-order valence-electron chi connectivity index (χ3n) is 2.69. The van der Waals surface area contributed by atoms with E-state index < -0.39 is 0 Å². The highest BCUT2D eigenvalue weighted by atomic mass is 16.5. The molecule has 0 bridgehead atoms. The van der Waals surface area contributed by atoms with Crippen LogP contribution in [-0.4, -0.2) is 17.0 Å². The van der Waals surface area contributed by atoms with Crippen molar-refractivity contribution >= 4 is 11.9 Å². The number of aliphatic hydroxyl groups is 1. The van der Waals surface area contributed by atoms with Gasteiger partial charge in [-0.05, 0) is 35.2 Å². The van der Waals surface area contributed by atoms with Crippen LogP contribution in [0.5, 0.6) is 0 Å². The summed E-state index contributed by atoms with van der Waals surface area (Å²) >= 11 is 0. The van der Waals surface area contributed by atoms with E-state index in [4.69, 9.17) is 9.47 Å². The molecular formula is C14H18O5. The highest BCUT2D eigenvalue weighted by Crippen LogP contribution is 2.19. The van der Waals surface area contributed by atoms with E-state index in [9.17, 15) is 14.7 Å². The first-order valence-electron chi connectivity index (χ1n) is 5.93. The fourth-order valence-corrected chi connectivity index (χ4v) is 1.66. The summed E-state index contributed by atoms with van der Waals surface area (Å²) < 4.78 is 9.89. The van der Waals surface area contributed by atoms with E-state index in [-0.39, 0.29) is 31.8 Å². The van der Waals surface area contributed by atoms with Gasteiger partial charge in [-0.2, -0.15) is 0 Å². The zero-order valence-electron chi connectivity index (χ0n) is 11.4. The minimum atomic E-state index is -0.383. The predicted octanol–water partition coefficient (Wildman–Crippen LogP) is 1.61. The molecular weight excluding hydrogens is 248 g/mol. The Balaban J connectivity index is 2.96. The molecule has 0 aliphatic heterocycles. The molecule has 5 nitrogen and oxygen atoms in total. The lowest BCUT2D eigenvalue weighted by Gasteiger charge is -2.13. The molecule has 0 aromatic heterocycles. The van der Waals surface area contributed by atoms with Gasteiger partial charge in [-0.25, -0.2) is 0 Å². The summed E-state index contributed by atoms with van der Waals surface area (Å²) in [4.78, 5) is 21.6. The van der Waals surface area contributed by atoms with Crippen LogP contribution in [0.25, 0.3) is 0 Å². The van der Waals surface area contributed by atoms with Crippen molar-refractivity contribution in [1.29, 1.82) is 0 Å². The molecule has 0 fully saturated rings. The first-order valence-corrected chi connectivity index (χ1v) is 5.93. The van der Waals surface area contributed by atoms with Gasteiger partial charge >= 0.3 is 11.9 Å².